The normalized spacial score (nSPS) is 31.8. The number of aliphatic hydroxyl groups excluding tert-OH is 1. The molecule has 1 N–H and O–H groups in total. The molecular weight excluding hydrogens is 219 g/mol. The van der Waals surface area contributed by atoms with Gasteiger partial charge in [-0.2, -0.15) is 0 Å². The lowest BCUT2D eigenvalue weighted by Crippen LogP contribution is -2.42. The van der Waals surface area contributed by atoms with E-state index in [1.807, 2.05) is 0 Å². The van der Waals surface area contributed by atoms with Crippen molar-refractivity contribution in [2.24, 2.45) is 5.92 Å². The third-order valence-corrected chi connectivity index (χ3v) is 4.11. The van der Waals surface area contributed by atoms with E-state index in [-0.39, 0.29) is 11.4 Å². The fourth-order valence-corrected chi connectivity index (χ4v) is 2.93. The van der Waals surface area contributed by atoms with Crippen molar-refractivity contribution in [1.29, 1.82) is 0 Å². The first kappa shape index (κ1) is 11.0. The van der Waals surface area contributed by atoms with Crippen molar-refractivity contribution in [1.82, 2.24) is 0 Å². The smallest absolute Gasteiger partial charge is 0.128 e. The second-order valence-electron chi connectivity index (χ2n) is 5.20. The van der Waals surface area contributed by atoms with Gasteiger partial charge in [-0.15, -0.1) is 0 Å². The van der Waals surface area contributed by atoms with E-state index in [1.165, 1.54) is 12.1 Å². The van der Waals surface area contributed by atoms with Crippen LogP contribution in [0.25, 0.3) is 0 Å². The maximum absolute atomic E-state index is 13.2. The summed E-state index contributed by atoms with van der Waals surface area (Å²) in [6, 6.07) is 4.40. The predicted octanol–water partition coefficient (Wildman–Crippen LogP) is 3.20. The Morgan fingerprint density at radius 1 is 1.47 bits per heavy atom. The molecule has 1 fully saturated rings. The maximum Gasteiger partial charge on any atom is 0.128 e. The van der Waals surface area contributed by atoms with Gasteiger partial charge in [0.1, 0.15) is 17.2 Å². The molecule has 2 nitrogen and oxygen atoms in total. The van der Waals surface area contributed by atoms with Crippen molar-refractivity contribution in [3.05, 3.63) is 29.6 Å². The van der Waals surface area contributed by atoms with Crippen LogP contribution in [0, 0.1) is 11.7 Å². The van der Waals surface area contributed by atoms with Gasteiger partial charge in [-0.25, -0.2) is 4.39 Å². The second-order valence-corrected chi connectivity index (χ2v) is 5.20. The van der Waals surface area contributed by atoms with Gasteiger partial charge in [-0.1, -0.05) is 6.92 Å². The zero-order chi connectivity index (χ0) is 12.0. The van der Waals surface area contributed by atoms with Gasteiger partial charge in [0, 0.05) is 18.1 Å². The Morgan fingerprint density at radius 3 is 2.88 bits per heavy atom. The lowest BCUT2D eigenvalue weighted by atomic mass is 9.83. The van der Waals surface area contributed by atoms with Crippen LogP contribution in [0.3, 0.4) is 0 Å². The molecule has 0 bridgehead atoms. The topological polar surface area (TPSA) is 29.5 Å². The summed E-state index contributed by atoms with van der Waals surface area (Å²) < 4.78 is 19.3. The third kappa shape index (κ3) is 1.73. The SMILES string of the molecule is CCC1(C2CC2)C[C@H](O)c2ccc(F)cc2O1. The molecule has 3 heteroatoms. The molecule has 1 unspecified atom stereocenters. The third-order valence-electron chi connectivity index (χ3n) is 4.11. The van der Waals surface area contributed by atoms with Crippen LogP contribution < -0.4 is 4.74 Å². The molecule has 0 amide bonds. The highest BCUT2D eigenvalue weighted by Gasteiger charge is 2.50. The average Bonchev–Trinajstić information content (AvgIpc) is 3.12. The molecule has 0 aromatic heterocycles. The first-order valence-electron chi connectivity index (χ1n) is 6.31. The van der Waals surface area contributed by atoms with E-state index in [9.17, 15) is 9.50 Å². The minimum Gasteiger partial charge on any atom is -0.486 e. The standard InChI is InChI=1S/C14H17FO2/c1-2-14(9-3-4-9)8-12(16)11-6-5-10(15)7-13(11)17-14/h5-7,9,12,16H,2-4,8H2,1H3/t12-,14?/m0/s1. The van der Waals surface area contributed by atoms with Gasteiger partial charge < -0.3 is 9.84 Å². The molecule has 0 radical (unpaired) electrons. The highest BCUT2D eigenvalue weighted by atomic mass is 19.1. The lowest BCUT2D eigenvalue weighted by molar-refractivity contribution is -0.0330. The number of aliphatic hydroxyl groups is 1. The molecule has 92 valence electrons. The Hall–Kier alpha value is -1.09. The van der Waals surface area contributed by atoms with Crippen molar-refractivity contribution < 1.29 is 14.2 Å². The zero-order valence-electron chi connectivity index (χ0n) is 9.95. The first-order chi connectivity index (χ1) is 8.14. The van der Waals surface area contributed by atoms with Gasteiger partial charge in [0.2, 0.25) is 0 Å². The number of halogens is 1. The Labute approximate surface area is 100 Å². The summed E-state index contributed by atoms with van der Waals surface area (Å²) in [5.41, 5.74) is 0.441. The molecule has 0 spiro atoms. The van der Waals surface area contributed by atoms with Crippen LogP contribution in [0.1, 0.15) is 44.3 Å². The minimum atomic E-state index is -0.528. The molecule has 1 heterocycles. The van der Waals surface area contributed by atoms with Crippen LogP contribution in [-0.2, 0) is 0 Å². The fourth-order valence-electron chi connectivity index (χ4n) is 2.93. The zero-order valence-corrected chi connectivity index (χ0v) is 9.95. The van der Waals surface area contributed by atoms with Crippen molar-refractivity contribution in [3.8, 4) is 5.75 Å². The van der Waals surface area contributed by atoms with E-state index in [2.05, 4.69) is 6.92 Å². The highest BCUT2D eigenvalue weighted by Crippen LogP contribution is 2.52. The molecule has 2 aliphatic rings. The number of ether oxygens (including phenoxy) is 1. The molecule has 1 saturated carbocycles. The maximum atomic E-state index is 13.2. The number of rotatable bonds is 2. The summed E-state index contributed by atoms with van der Waals surface area (Å²) in [4.78, 5) is 0. The summed E-state index contributed by atoms with van der Waals surface area (Å²) in [5, 5.41) is 10.2. The van der Waals surface area contributed by atoms with Crippen LogP contribution in [0.2, 0.25) is 0 Å². The number of benzene rings is 1. The summed E-state index contributed by atoms with van der Waals surface area (Å²) in [5.74, 6) is 0.745. The highest BCUT2D eigenvalue weighted by molar-refractivity contribution is 5.39. The number of fused-ring (bicyclic) bond motifs is 1. The van der Waals surface area contributed by atoms with Gasteiger partial charge in [0.25, 0.3) is 0 Å². The minimum absolute atomic E-state index is 0.278. The van der Waals surface area contributed by atoms with E-state index in [1.54, 1.807) is 6.07 Å². The van der Waals surface area contributed by atoms with Crippen molar-refractivity contribution >= 4 is 0 Å². The molecule has 3 rings (SSSR count). The molecule has 0 saturated heterocycles. The lowest BCUT2D eigenvalue weighted by Gasteiger charge is -2.40. The van der Waals surface area contributed by atoms with Gasteiger partial charge >= 0.3 is 0 Å². The molecule has 1 aliphatic carbocycles. The summed E-state index contributed by atoms with van der Waals surface area (Å²) in [7, 11) is 0. The summed E-state index contributed by atoms with van der Waals surface area (Å²) in [6.45, 7) is 2.08. The number of hydrogen-bond donors (Lipinski definition) is 1. The Bertz CT molecular complexity index is 442. The Kier molecular flexibility index (Phi) is 2.40. The first-order valence-corrected chi connectivity index (χ1v) is 6.31. The van der Waals surface area contributed by atoms with Gasteiger partial charge in [0.05, 0.1) is 6.10 Å². The Morgan fingerprint density at radius 2 is 2.24 bits per heavy atom. The monoisotopic (exact) mass is 236 g/mol. The molecule has 1 aromatic carbocycles. The van der Waals surface area contributed by atoms with E-state index in [0.717, 1.165) is 24.8 Å². The molecule has 17 heavy (non-hydrogen) atoms. The second kappa shape index (κ2) is 3.70. The molecule has 1 aliphatic heterocycles. The van der Waals surface area contributed by atoms with Crippen LogP contribution >= 0.6 is 0 Å². The van der Waals surface area contributed by atoms with Gasteiger partial charge in [-0.05, 0) is 37.3 Å². The molecule has 2 atom stereocenters. The number of hydrogen-bond acceptors (Lipinski definition) is 2. The molecule has 1 aromatic rings. The van der Waals surface area contributed by atoms with Crippen molar-refractivity contribution in [2.75, 3.05) is 0 Å². The predicted molar refractivity (Wildman–Crippen MR) is 62.4 cm³/mol. The molecular formula is C14H17FO2. The van der Waals surface area contributed by atoms with E-state index in [0.29, 0.717) is 18.1 Å². The van der Waals surface area contributed by atoms with E-state index < -0.39 is 6.10 Å². The van der Waals surface area contributed by atoms with Crippen LogP contribution in [0.15, 0.2) is 18.2 Å². The van der Waals surface area contributed by atoms with E-state index >= 15 is 0 Å². The Balaban J connectivity index is 2.00. The fraction of sp³-hybridized carbons (Fsp3) is 0.571. The summed E-state index contributed by atoms with van der Waals surface area (Å²) in [6.07, 6.45) is 3.29. The van der Waals surface area contributed by atoms with Gasteiger partial charge in [-0.3, -0.25) is 0 Å². The van der Waals surface area contributed by atoms with Crippen LogP contribution in [-0.4, -0.2) is 10.7 Å². The van der Waals surface area contributed by atoms with Crippen molar-refractivity contribution in [2.45, 2.75) is 44.3 Å². The van der Waals surface area contributed by atoms with Crippen LogP contribution in [0.4, 0.5) is 4.39 Å². The van der Waals surface area contributed by atoms with Gasteiger partial charge in [0.15, 0.2) is 0 Å². The largest absolute Gasteiger partial charge is 0.486 e. The van der Waals surface area contributed by atoms with Crippen LogP contribution in [0.5, 0.6) is 5.75 Å². The quantitative estimate of drug-likeness (QED) is 0.854. The van der Waals surface area contributed by atoms with E-state index in [4.69, 9.17) is 4.74 Å². The summed E-state index contributed by atoms with van der Waals surface area (Å²) >= 11 is 0. The van der Waals surface area contributed by atoms with Crippen molar-refractivity contribution in [3.63, 3.8) is 0 Å². The average molecular weight is 236 g/mol.